The third-order valence-corrected chi connectivity index (χ3v) is 6.24. The van der Waals surface area contributed by atoms with Crippen molar-refractivity contribution in [2.24, 2.45) is 0 Å². The second-order valence-electron chi connectivity index (χ2n) is 7.22. The maximum atomic E-state index is 13.4. The lowest BCUT2D eigenvalue weighted by atomic mass is 10.0. The largest absolute Gasteiger partial charge is 0.319 e. The lowest BCUT2D eigenvalue weighted by molar-refractivity contribution is -0.122. The molecule has 3 aromatic rings. The fourth-order valence-electron chi connectivity index (χ4n) is 3.80. The van der Waals surface area contributed by atoms with E-state index in [1.807, 2.05) is 48.7 Å². The van der Waals surface area contributed by atoms with E-state index in [0.717, 1.165) is 10.5 Å². The third kappa shape index (κ3) is 3.86. The Labute approximate surface area is 183 Å². The predicted octanol–water partition coefficient (Wildman–Crippen LogP) is 4.16. The van der Waals surface area contributed by atoms with Gasteiger partial charge in [0.05, 0.1) is 34.7 Å². The van der Waals surface area contributed by atoms with Crippen LogP contribution < -0.4 is 4.90 Å². The lowest BCUT2D eigenvalue weighted by Crippen LogP contribution is -2.46. The lowest BCUT2D eigenvalue weighted by Gasteiger charge is -2.33. The fourth-order valence-corrected chi connectivity index (χ4v) is 4.46. The van der Waals surface area contributed by atoms with Crippen LogP contribution in [0.2, 0.25) is 0 Å². The van der Waals surface area contributed by atoms with Crippen LogP contribution >= 0.6 is 11.3 Å². The topological polar surface area (TPSA) is 81.5 Å². The van der Waals surface area contributed by atoms with Gasteiger partial charge in [-0.15, -0.1) is 11.3 Å². The summed E-state index contributed by atoms with van der Waals surface area (Å²) in [5, 5.41) is 10.8. The highest BCUT2D eigenvalue weighted by Gasteiger charge is 2.46. The van der Waals surface area contributed by atoms with E-state index in [-0.39, 0.29) is 18.2 Å². The molecule has 154 valence electrons. The summed E-state index contributed by atoms with van der Waals surface area (Å²) in [6.07, 6.45) is -0.0902. The summed E-state index contributed by atoms with van der Waals surface area (Å²) in [4.78, 5) is 42.7. The molecule has 2 heterocycles. The first kappa shape index (κ1) is 20.5. The van der Waals surface area contributed by atoms with Gasteiger partial charge in [-0.05, 0) is 48.2 Å². The summed E-state index contributed by atoms with van der Waals surface area (Å²) >= 11 is 1.30. The predicted molar refractivity (Wildman–Crippen MR) is 117 cm³/mol. The summed E-state index contributed by atoms with van der Waals surface area (Å²) in [6.45, 7) is 1.86. The zero-order valence-corrected chi connectivity index (χ0v) is 17.6. The van der Waals surface area contributed by atoms with Crippen LogP contribution in [0.3, 0.4) is 0 Å². The second kappa shape index (κ2) is 8.54. The number of imide groups is 1. The highest BCUT2D eigenvalue weighted by Crippen LogP contribution is 2.33. The molecule has 3 amide bonds. The van der Waals surface area contributed by atoms with E-state index >= 15 is 0 Å². The quantitative estimate of drug-likeness (QED) is 0.571. The van der Waals surface area contributed by atoms with Crippen LogP contribution in [0.25, 0.3) is 0 Å². The van der Waals surface area contributed by atoms with E-state index < -0.39 is 18.0 Å². The van der Waals surface area contributed by atoms with E-state index in [4.69, 9.17) is 5.26 Å². The number of hydrogen-bond donors (Lipinski definition) is 0. The van der Waals surface area contributed by atoms with E-state index in [2.05, 4.69) is 0 Å². The zero-order valence-electron chi connectivity index (χ0n) is 16.8. The van der Waals surface area contributed by atoms with Crippen LogP contribution in [0.5, 0.6) is 0 Å². The molecule has 0 N–H and O–H groups in total. The number of thiophene rings is 1. The summed E-state index contributed by atoms with van der Waals surface area (Å²) in [5.41, 5.74) is 1.71. The monoisotopic (exact) mass is 429 g/mol. The Balaban J connectivity index is 1.71. The molecule has 0 saturated carbocycles. The van der Waals surface area contributed by atoms with Gasteiger partial charge in [0.25, 0.3) is 11.8 Å². The molecule has 0 aliphatic carbocycles. The SMILES string of the molecule is CC(c1ccccc1)N(C(=O)c1cccs1)C1CC(=O)N(c2ccc(C#N)cc2)C1=O. The molecule has 1 aliphatic heterocycles. The van der Waals surface area contributed by atoms with Crippen molar-refractivity contribution in [2.75, 3.05) is 4.90 Å². The molecule has 1 fully saturated rings. The van der Waals surface area contributed by atoms with Crippen molar-refractivity contribution in [3.05, 3.63) is 88.1 Å². The number of benzene rings is 2. The van der Waals surface area contributed by atoms with Gasteiger partial charge in [-0.25, -0.2) is 4.90 Å². The average molecular weight is 430 g/mol. The molecular formula is C24H19N3O3S. The van der Waals surface area contributed by atoms with Crippen LogP contribution in [0, 0.1) is 11.3 Å². The Kier molecular flexibility index (Phi) is 5.65. The van der Waals surface area contributed by atoms with Gasteiger partial charge < -0.3 is 4.90 Å². The molecule has 1 saturated heterocycles. The third-order valence-electron chi connectivity index (χ3n) is 5.38. The molecule has 6 nitrogen and oxygen atoms in total. The average Bonchev–Trinajstić information content (AvgIpc) is 3.43. The van der Waals surface area contributed by atoms with Crippen molar-refractivity contribution in [2.45, 2.75) is 25.4 Å². The highest BCUT2D eigenvalue weighted by atomic mass is 32.1. The van der Waals surface area contributed by atoms with Gasteiger partial charge in [0.15, 0.2) is 0 Å². The maximum Gasteiger partial charge on any atom is 0.265 e. The van der Waals surface area contributed by atoms with Gasteiger partial charge in [0.2, 0.25) is 5.91 Å². The number of anilines is 1. The van der Waals surface area contributed by atoms with Crippen LogP contribution in [0.1, 0.15) is 40.2 Å². The maximum absolute atomic E-state index is 13.4. The van der Waals surface area contributed by atoms with Crippen LogP contribution in [0.4, 0.5) is 5.69 Å². The van der Waals surface area contributed by atoms with E-state index in [1.165, 1.54) is 16.2 Å². The van der Waals surface area contributed by atoms with Gasteiger partial charge in [-0.2, -0.15) is 5.26 Å². The minimum absolute atomic E-state index is 0.0902. The van der Waals surface area contributed by atoms with E-state index in [9.17, 15) is 14.4 Å². The molecule has 2 atom stereocenters. The summed E-state index contributed by atoms with van der Waals surface area (Å²) < 4.78 is 0. The van der Waals surface area contributed by atoms with Crippen molar-refractivity contribution in [3.63, 3.8) is 0 Å². The first-order chi connectivity index (χ1) is 15.0. The number of nitrogens with zero attached hydrogens (tertiary/aromatic N) is 3. The number of hydrogen-bond acceptors (Lipinski definition) is 5. The Morgan fingerprint density at radius 2 is 1.81 bits per heavy atom. The van der Waals surface area contributed by atoms with Gasteiger partial charge in [0, 0.05) is 0 Å². The van der Waals surface area contributed by atoms with Crippen molar-refractivity contribution < 1.29 is 14.4 Å². The summed E-state index contributed by atoms with van der Waals surface area (Å²) in [6, 6.07) is 19.9. The van der Waals surface area contributed by atoms with Crippen LogP contribution in [-0.4, -0.2) is 28.7 Å². The van der Waals surface area contributed by atoms with Crippen molar-refractivity contribution in [1.82, 2.24) is 4.90 Å². The summed E-state index contributed by atoms with van der Waals surface area (Å²) in [7, 11) is 0. The number of nitriles is 1. The molecule has 1 aliphatic rings. The molecule has 1 aromatic heterocycles. The number of amides is 3. The van der Waals surface area contributed by atoms with Gasteiger partial charge in [0.1, 0.15) is 6.04 Å². The van der Waals surface area contributed by atoms with Crippen molar-refractivity contribution in [3.8, 4) is 6.07 Å². The molecule has 31 heavy (non-hydrogen) atoms. The molecule has 2 aromatic carbocycles. The van der Waals surface area contributed by atoms with Crippen LogP contribution in [0.15, 0.2) is 72.1 Å². The molecule has 7 heteroatoms. The normalized spacial score (nSPS) is 16.8. The molecule has 0 bridgehead atoms. The molecule has 0 radical (unpaired) electrons. The molecule has 4 rings (SSSR count). The van der Waals surface area contributed by atoms with Crippen LogP contribution in [-0.2, 0) is 9.59 Å². The Hall–Kier alpha value is -3.76. The molecular weight excluding hydrogens is 410 g/mol. The molecule has 2 unspecified atom stereocenters. The number of carbonyl (C=O) groups excluding carboxylic acids is 3. The van der Waals surface area contributed by atoms with E-state index in [0.29, 0.717) is 16.1 Å². The summed E-state index contributed by atoms with van der Waals surface area (Å²) in [5.74, 6) is -1.09. The zero-order chi connectivity index (χ0) is 22.0. The Morgan fingerprint density at radius 1 is 1.10 bits per heavy atom. The van der Waals surface area contributed by atoms with Gasteiger partial charge in [-0.3, -0.25) is 14.4 Å². The second-order valence-corrected chi connectivity index (χ2v) is 8.17. The Morgan fingerprint density at radius 3 is 2.42 bits per heavy atom. The minimum Gasteiger partial charge on any atom is -0.319 e. The van der Waals surface area contributed by atoms with Gasteiger partial charge >= 0.3 is 0 Å². The first-order valence-electron chi connectivity index (χ1n) is 9.79. The Bertz CT molecular complexity index is 1150. The smallest absolute Gasteiger partial charge is 0.265 e. The van der Waals surface area contributed by atoms with Crippen molar-refractivity contribution >= 4 is 34.7 Å². The van der Waals surface area contributed by atoms with E-state index in [1.54, 1.807) is 36.4 Å². The number of carbonyl (C=O) groups is 3. The molecule has 0 spiro atoms. The fraction of sp³-hybridized carbons (Fsp3) is 0.167. The van der Waals surface area contributed by atoms with Crippen molar-refractivity contribution in [1.29, 1.82) is 5.26 Å². The number of rotatable bonds is 5. The standard InChI is InChI=1S/C24H19N3O3S/c1-16(18-6-3-2-4-7-18)26(24(30)21-8-5-13-31-21)20-14-22(28)27(23(20)29)19-11-9-17(15-25)10-12-19/h2-13,16,20H,14H2,1H3. The van der Waals surface area contributed by atoms with Gasteiger partial charge in [-0.1, -0.05) is 36.4 Å². The minimum atomic E-state index is -0.909. The first-order valence-corrected chi connectivity index (χ1v) is 10.7. The highest BCUT2D eigenvalue weighted by molar-refractivity contribution is 7.12.